The maximum atomic E-state index is 13.9. The van der Waals surface area contributed by atoms with E-state index in [1.165, 1.54) is 18.2 Å². The Kier molecular flexibility index (Phi) is 4.84. The van der Waals surface area contributed by atoms with E-state index in [0.29, 0.717) is 38.7 Å². The fraction of sp³-hybridized carbons (Fsp3) is 0. The summed E-state index contributed by atoms with van der Waals surface area (Å²) < 4.78 is 13.9. The van der Waals surface area contributed by atoms with Gasteiger partial charge in [-0.1, -0.05) is 18.2 Å². The van der Waals surface area contributed by atoms with Crippen LogP contribution in [0.25, 0.3) is 21.8 Å². The Morgan fingerprint density at radius 2 is 1.62 bits per heavy atom. The van der Waals surface area contributed by atoms with Crippen LogP contribution in [0.2, 0.25) is 0 Å². The number of benzene rings is 3. The minimum absolute atomic E-state index is 0.191. The zero-order valence-electron chi connectivity index (χ0n) is 16.7. The molecule has 1 amide bonds. The number of hydrogen-bond acceptors (Lipinski definition) is 4. The molecule has 2 aromatic heterocycles. The standard InChI is InChI=1S/C25H17FN4O2/c26-16-6-11-19-20(14-16)22-21(12-13-27-23(22)30-25(19)32)28-17-7-9-18(10-8-17)29-24(31)15-4-2-1-3-5-15/h1-14H,(H,29,31)(H2,27,28,30,32). The number of carbonyl (C=O) groups excluding carboxylic acids is 1. The van der Waals surface area contributed by atoms with Gasteiger partial charge in [0.15, 0.2) is 0 Å². The lowest BCUT2D eigenvalue weighted by Gasteiger charge is -2.12. The van der Waals surface area contributed by atoms with Gasteiger partial charge >= 0.3 is 0 Å². The van der Waals surface area contributed by atoms with Crippen molar-refractivity contribution in [1.29, 1.82) is 0 Å². The van der Waals surface area contributed by atoms with Crippen LogP contribution >= 0.6 is 0 Å². The molecule has 2 heterocycles. The van der Waals surface area contributed by atoms with Crippen LogP contribution in [0.15, 0.2) is 89.9 Å². The average molecular weight is 424 g/mol. The normalized spacial score (nSPS) is 10.9. The summed E-state index contributed by atoms with van der Waals surface area (Å²) in [6, 6.07) is 22.0. The fourth-order valence-electron chi connectivity index (χ4n) is 3.61. The van der Waals surface area contributed by atoms with E-state index in [1.807, 2.05) is 30.3 Å². The highest BCUT2D eigenvalue weighted by molar-refractivity contribution is 6.11. The van der Waals surface area contributed by atoms with Crippen molar-refractivity contribution in [2.75, 3.05) is 10.6 Å². The van der Waals surface area contributed by atoms with Gasteiger partial charge in [0.2, 0.25) is 0 Å². The van der Waals surface area contributed by atoms with Crippen LogP contribution in [-0.2, 0) is 0 Å². The lowest BCUT2D eigenvalue weighted by atomic mass is 10.1. The molecule has 5 rings (SSSR count). The molecule has 0 atom stereocenters. The van der Waals surface area contributed by atoms with Crippen LogP contribution in [0, 0.1) is 5.82 Å². The molecule has 7 heteroatoms. The highest BCUT2D eigenvalue weighted by Crippen LogP contribution is 2.30. The lowest BCUT2D eigenvalue weighted by Crippen LogP contribution is -2.11. The number of amides is 1. The molecule has 5 aromatic rings. The number of rotatable bonds is 4. The first-order chi connectivity index (χ1) is 15.6. The van der Waals surface area contributed by atoms with Gasteiger partial charge in [0, 0.05) is 39.3 Å². The monoisotopic (exact) mass is 424 g/mol. The molecule has 0 saturated carbocycles. The number of nitrogens with one attached hydrogen (secondary N) is 3. The topological polar surface area (TPSA) is 86.9 Å². The highest BCUT2D eigenvalue weighted by atomic mass is 19.1. The first-order valence-corrected chi connectivity index (χ1v) is 9.92. The van der Waals surface area contributed by atoms with Crippen molar-refractivity contribution in [2.24, 2.45) is 0 Å². The van der Waals surface area contributed by atoms with Gasteiger partial charge in [-0.3, -0.25) is 9.59 Å². The first kappa shape index (κ1) is 19.4. The molecule has 0 saturated heterocycles. The van der Waals surface area contributed by atoms with Crippen molar-refractivity contribution >= 4 is 44.8 Å². The van der Waals surface area contributed by atoms with Crippen molar-refractivity contribution in [3.63, 3.8) is 0 Å². The number of aromatic nitrogens is 2. The van der Waals surface area contributed by atoms with Gasteiger partial charge < -0.3 is 15.6 Å². The summed E-state index contributed by atoms with van der Waals surface area (Å²) >= 11 is 0. The third kappa shape index (κ3) is 3.67. The Labute approximate surface area is 181 Å². The summed E-state index contributed by atoms with van der Waals surface area (Å²) in [4.78, 5) is 31.6. The quantitative estimate of drug-likeness (QED) is 0.346. The van der Waals surface area contributed by atoms with Gasteiger partial charge in [-0.2, -0.15) is 0 Å². The van der Waals surface area contributed by atoms with Gasteiger partial charge in [-0.05, 0) is 60.7 Å². The summed E-state index contributed by atoms with van der Waals surface area (Å²) in [7, 11) is 0. The minimum atomic E-state index is -0.433. The van der Waals surface area contributed by atoms with E-state index in [4.69, 9.17) is 0 Å². The lowest BCUT2D eigenvalue weighted by molar-refractivity contribution is 0.102. The number of pyridine rings is 2. The van der Waals surface area contributed by atoms with Crippen LogP contribution in [-0.4, -0.2) is 15.9 Å². The Morgan fingerprint density at radius 3 is 2.41 bits per heavy atom. The fourth-order valence-corrected chi connectivity index (χ4v) is 3.61. The van der Waals surface area contributed by atoms with Crippen molar-refractivity contribution in [3.05, 3.63) is 107 Å². The SMILES string of the molecule is O=C(Nc1ccc(Nc2ccnc3[nH]c(=O)c4ccc(F)cc4c23)cc1)c1ccccc1. The Hall–Kier alpha value is -4.52. The van der Waals surface area contributed by atoms with Crippen molar-refractivity contribution in [1.82, 2.24) is 9.97 Å². The second-order valence-electron chi connectivity index (χ2n) is 7.25. The molecule has 0 aliphatic heterocycles. The third-order valence-corrected chi connectivity index (χ3v) is 5.14. The highest BCUT2D eigenvalue weighted by Gasteiger charge is 2.12. The molecular weight excluding hydrogens is 407 g/mol. The molecule has 6 nitrogen and oxygen atoms in total. The Balaban J connectivity index is 1.46. The summed E-state index contributed by atoms with van der Waals surface area (Å²) in [5.74, 6) is -0.624. The van der Waals surface area contributed by atoms with Gasteiger partial charge in [-0.25, -0.2) is 9.37 Å². The number of H-pyrrole nitrogens is 1. The second kappa shape index (κ2) is 7.96. The zero-order chi connectivity index (χ0) is 22.1. The van der Waals surface area contributed by atoms with Crippen molar-refractivity contribution in [2.45, 2.75) is 0 Å². The smallest absolute Gasteiger partial charge is 0.257 e. The predicted octanol–water partition coefficient (Wildman–Crippen LogP) is 5.21. The van der Waals surface area contributed by atoms with Crippen LogP contribution in [0.3, 0.4) is 0 Å². The van der Waals surface area contributed by atoms with Gasteiger partial charge in [0.05, 0.1) is 5.69 Å². The van der Waals surface area contributed by atoms with Crippen LogP contribution in [0.5, 0.6) is 0 Å². The Morgan fingerprint density at radius 1 is 0.875 bits per heavy atom. The number of fused-ring (bicyclic) bond motifs is 3. The molecule has 3 N–H and O–H groups in total. The summed E-state index contributed by atoms with van der Waals surface area (Å²) in [6.45, 7) is 0. The van der Waals surface area contributed by atoms with Gasteiger partial charge in [-0.15, -0.1) is 0 Å². The van der Waals surface area contributed by atoms with E-state index < -0.39 is 5.82 Å². The number of anilines is 3. The number of nitrogens with zero attached hydrogens (tertiary/aromatic N) is 1. The summed E-state index contributed by atoms with van der Waals surface area (Å²) in [6.07, 6.45) is 1.57. The van der Waals surface area contributed by atoms with E-state index in [0.717, 1.165) is 5.69 Å². The molecule has 0 radical (unpaired) electrons. The number of aromatic amines is 1. The number of hydrogen-bond donors (Lipinski definition) is 3. The first-order valence-electron chi connectivity index (χ1n) is 9.92. The molecule has 0 bridgehead atoms. The van der Waals surface area contributed by atoms with E-state index in [9.17, 15) is 14.0 Å². The molecule has 0 spiro atoms. The number of carbonyl (C=O) groups is 1. The third-order valence-electron chi connectivity index (χ3n) is 5.14. The zero-order valence-corrected chi connectivity index (χ0v) is 16.7. The average Bonchev–Trinajstić information content (AvgIpc) is 2.81. The minimum Gasteiger partial charge on any atom is -0.355 e. The summed E-state index contributed by atoms with van der Waals surface area (Å²) in [5.41, 5.74) is 2.70. The van der Waals surface area contributed by atoms with Crippen LogP contribution < -0.4 is 16.2 Å². The molecule has 156 valence electrons. The van der Waals surface area contributed by atoms with E-state index >= 15 is 0 Å². The maximum absolute atomic E-state index is 13.9. The number of halogens is 1. The van der Waals surface area contributed by atoms with Crippen LogP contribution in [0.4, 0.5) is 21.5 Å². The van der Waals surface area contributed by atoms with E-state index in [2.05, 4.69) is 20.6 Å². The largest absolute Gasteiger partial charge is 0.355 e. The second-order valence-corrected chi connectivity index (χ2v) is 7.25. The van der Waals surface area contributed by atoms with E-state index in [-0.39, 0.29) is 11.5 Å². The van der Waals surface area contributed by atoms with Gasteiger partial charge in [0.1, 0.15) is 11.5 Å². The molecular formula is C25H17FN4O2. The molecule has 3 aromatic carbocycles. The molecule has 32 heavy (non-hydrogen) atoms. The van der Waals surface area contributed by atoms with Crippen molar-refractivity contribution in [3.8, 4) is 0 Å². The van der Waals surface area contributed by atoms with Crippen LogP contribution in [0.1, 0.15) is 10.4 Å². The van der Waals surface area contributed by atoms with E-state index in [1.54, 1.807) is 36.5 Å². The molecule has 0 fully saturated rings. The Bertz CT molecular complexity index is 1510. The molecule has 0 aliphatic rings. The van der Waals surface area contributed by atoms with Gasteiger partial charge in [0.25, 0.3) is 11.5 Å². The maximum Gasteiger partial charge on any atom is 0.257 e. The summed E-state index contributed by atoms with van der Waals surface area (Å²) in [5, 5.41) is 7.63. The van der Waals surface area contributed by atoms with Crippen molar-refractivity contribution < 1.29 is 9.18 Å². The predicted molar refractivity (Wildman–Crippen MR) is 124 cm³/mol. The molecule has 0 aliphatic carbocycles. The molecule has 0 unspecified atom stereocenters.